The summed E-state index contributed by atoms with van der Waals surface area (Å²) in [5.41, 5.74) is 1.42. The van der Waals surface area contributed by atoms with Crippen molar-refractivity contribution in [3.8, 4) is 6.07 Å². The SMILES string of the molecule is CCCC[C@@H](C)C[C@@H]1NC(=O)[C@H](Cc2cn(OC)c3ccccc23)N(C)C(=O)[C@H](CC(C)C)NC(=O)[C@H](CC(C)C)N(C)C(=O)[C@H](CC(C)C)NC(=O)[C@@H](CCC#N)OC(=O)[C@H](C)N(C)C1=O. The van der Waals surface area contributed by atoms with Crippen LogP contribution in [0, 0.1) is 35.0 Å². The number of likely N-dealkylation sites (N-methyl/N-ethyl adjacent to an activating group) is 3. The van der Waals surface area contributed by atoms with E-state index in [1.165, 1.54) is 49.9 Å². The van der Waals surface area contributed by atoms with Crippen molar-refractivity contribution in [1.82, 2.24) is 35.4 Å². The van der Waals surface area contributed by atoms with E-state index in [9.17, 15) is 29.2 Å². The van der Waals surface area contributed by atoms with Crippen molar-refractivity contribution in [3.05, 3.63) is 36.0 Å². The molecule has 1 saturated heterocycles. The van der Waals surface area contributed by atoms with E-state index in [0.717, 1.165) is 30.2 Å². The van der Waals surface area contributed by atoms with Gasteiger partial charge in [-0.15, -0.1) is 0 Å². The summed E-state index contributed by atoms with van der Waals surface area (Å²) in [6, 6.07) is 2.46. The number of hydrogen-bond acceptors (Lipinski definition) is 10. The lowest BCUT2D eigenvalue weighted by molar-refractivity contribution is -0.163. The van der Waals surface area contributed by atoms with E-state index in [2.05, 4.69) is 22.9 Å². The molecule has 2 heterocycles. The third-order valence-electron chi connectivity index (χ3n) is 12.6. The Bertz CT molecular complexity index is 2060. The summed E-state index contributed by atoms with van der Waals surface area (Å²) in [4.78, 5) is 111. The molecule has 3 rings (SSSR count). The summed E-state index contributed by atoms with van der Waals surface area (Å²) in [6.07, 6.45) is 3.23. The van der Waals surface area contributed by atoms with Crippen LogP contribution in [0.3, 0.4) is 0 Å². The normalized spacial score (nSPS) is 24.1. The highest BCUT2D eigenvalue weighted by Gasteiger charge is 2.41. The minimum Gasteiger partial charge on any atom is -0.451 e. The van der Waals surface area contributed by atoms with Gasteiger partial charge in [-0.25, -0.2) is 4.79 Å². The maximum Gasteiger partial charge on any atom is 0.329 e. The molecule has 3 N–H and O–H groups in total. The first-order valence-electron chi connectivity index (χ1n) is 24.0. The number of amides is 6. The number of carbonyl (C=O) groups is 7. The molecule has 0 saturated carbocycles. The Hall–Kier alpha value is -5.66. The molecule has 0 radical (unpaired) electrons. The van der Waals surface area contributed by atoms with Gasteiger partial charge in [0, 0.05) is 52.0 Å². The molecule has 372 valence electrons. The number of nitrogens with one attached hydrogen (secondary N) is 3. The fourth-order valence-electron chi connectivity index (χ4n) is 8.59. The minimum atomic E-state index is -1.50. The van der Waals surface area contributed by atoms with Gasteiger partial charge >= 0.3 is 5.97 Å². The van der Waals surface area contributed by atoms with E-state index < -0.39 is 83.8 Å². The number of fused-ring (bicyclic) bond motifs is 1. The van der Waals surface area contributed by atoms with Crippen molar-refractivity contribution in [2.24, 2.45) is 23.7 Å². The number of aromatic nitrogens is 1. The summed E-state index contributed by atoms with van der Waals surface area (Å²) in [6.45, 7) is 16.9. The highest BCUT2D eigenvalue weighted by molar-refractivity contribution is 5.98. The van der Waals surface area contributed by atoms with Crippen LogP contribution in [-0.4, -0.2) is 131 Å². The smallest absolute Gasteiger partial charge is 0.329 e. The molecule has 1 aliphatic rings. The van der Waals surface area contributed by atoms with Crippen LogP contribution in [0.15, 0.2) is 30.5 Å². The third-order valence-corrected chi connectivity index (χ3v) is 12.6. The molecule has 6 amide bonds. The molecule has 1 aromatic carbocycles. The maximum atomic E-state index is 15.0. The van der Waals surface area contributed by atoms with Gasteiger partial charge < -0.3 is 40.2 Å². The number of nitrogens with zero attached hydrogens (tertiary/aromatic N) is 5. The van der Waals surface area contributed by atoms with Crippen molar-refractivity contribution in [2.75, 3.05) is 28.3 Å². The second-order valence-electron chi connectivity index (χ2n) is 19.6. The van der Waals surface area contributed by atoms with Gasteiger partial charge in [-0.3, -0.25) is 28.8 Å². The summed E-state index contributed by atoms with van der Waals surface area (Å²) < 4.78 is 7.33. The largest absolute Gasteiger partial charge is 0.451 e. The zero-order valence-electron chi connectivity index (χ0n) is 42.2. The van der Waals surface area contributed by atoms with Crippen LogP contribution in [-0.2, 0) is 44.7 Å². The Morgan fingerprint density at radius 1 is 0.716 bits per heavy atom. The highest BCUT2D eigenvalue weighted by atomic mass is 16.6. The number of ether oxygens (including phenoxy) is 1. The first-order valence-corrected chi connectivity index (χ1v) is 24.0. The van der Waals surface area contributed by atoms with E-state index >= 15 is 9.59 Å². The fraction of sp³-hybridized carbons (Fsp3) is 0.680. The Balaban J connectivity index is 2.32. The molecule has 1 aliphatic heterocycles. The van der Waals surface area contributed by atoms with Crippen molar-refractivity contribution in [2.45, 2.75) is 169 Å². The number of para-hydroxylation sites is 1. The number of unbranched alkanes of at least 4 members (excludes halogenated alkanes) is 1. The first-order chi connectivity index (χ1) is 31.6. The molecular formula is C50H78N8O9. The van der Waals surface area contributed by atoms with E-state index in [1.54, 1.807) is 10.9 Å². The average molecular weight is 935 g/mol. The first kappa shape index (κ1) is 55.7. The van der Waals surface area contributed by atoms with Gasteiger partial charge in [-0.1, -0.05) is 92.9 Å². The second kappa shape index (κ2) is 26.0. The monoisotopic (exact) mass is 935 g/mol. The lowest BCUT2D eigenvalue weighted by Gasteiger charge is -2.35. The molecule has 0 aliphatic carbocycles. The number of nitriles is 1. The van der Waals surface area contributed by atoms with E-state index in [4.69, 9.17) is 9.57 Å². The van der Waals surface area contributed by atoms with Crippen LogP contribution in [0.1, 0.15) is 126 Å². The van der Waals surface area contributed by atoms with Gasteiger partial charge in [0.15, 0.2) is 6.10 Å². The topological polar surface area (TPSA) is 212 Å². The molecular weight excluding hydrogens is 857 g/mol. The van der Waals surface area contributed by atoms with Crippen LogP contribution in [0.2, 0.25) is 0 Å². The van der Waals surface area contributed by atoms with Crippen LogP contribution in [0.4, 0.5) is 0 Å². The average Bonchev–Trinajstić information content (AvgIpc) is 3.64. The van der Waals surface area contributed by atoms with Crippen LogP contribution < -0.4 is 20.8 Å². The van der Waals surface area contributed by atoms with Gasteiger partial charge in [0.2, 0.25) is 29.5 Å². The van der Waals surface area contributed by atoms with Crippen LogP contribution in [0.25, 0.3) is 10.9 Å². The Morgan fingerprint density at radius 3 is 1.76 bits per heavy atom. The Kier molecular flexibility index (Phi) is 21.6. The highest BCUT2D eigenvalue weighted by Crippen LogP contribution is 2.25. The molecule has 17 nitrogen and oxygen atoms in total. The summed E-state index contributed by atoms with van der Waals surface area (Å²) in [7, 11) is 5.92. The number of cyclic esters (lactones) is 1. The van der Waals surface area contributed by atoms with Gasteiger partial charge in [0.1, 0.15) is 43.4 Å². The lowest BCUT2D eigenvalue weighted by Crippen LogP contribution is -2.60. The zero-order valence-corrected chi connectivity index (χ0v) is 42.2. The number of carbonyl (C=O) groups excluding carboxylic acids is 7. The molecule has 1 aromatic heterocycles. The van der Waals surface area contributed by atoms with Crippen LogP contribution in [0.5, 0.6) is 0 Å². The zero-order chi connectivity index (χ0) is 50.3. The van der Waals surface area contributed by atoms with E-state index in [0.29, 0.717) is 5.56 Å². The lowest BCUT2D eigenvalue weighted by atomic mass is 9.94. The number of hydrogen-bond donors (Lipinski definition) is 3. The molecule has 0 spiro atoms. The molecule has 67 heavy (non-hydrogen) atoms. The Labute approximate surface area is 397 Å². The van der Waals surface area contributed by atoms with Gasteiger partial charge in [-0.2, -0.15) is 9.99 Å². The molecule has 0 unspecified atom stereocenters. The Morgan fingerprint density at radius 2 is 1.22 bits per heavy atom. The maximum absolute atomic E-state index is 15.0. The van der Waals surface area contributed by atoms with E-state index in [1.807, 2.05) is 78.8 Å². The predicted molar refractivity (Wildman–Crippen MR) is 256 cm³/mol. The van der Waals surface area contributed by atoms with Crippen molar-refractivity contribution < 1.29 is 43.1 Å². The molecule has 0 bridgehead atoms. The number of rotatable bonds is 16. The molecule has 2 aromatic rings. The van der Waals surface area contributed by atoms with E-state index in [-0.39, 0.29) is 68.6 Å². The summed E-state index contributed by atoms with van der Waals surface area (Å²) in [5, 5.41) is 19.0. The minimum absolute atomic E-state index is 0.00622. The fourth-order valence-corrected chi connectivity index (χ4v) is 8.59. The third kappa shape index (κ3) is 15.4. The van der Waals surface area contributed by atoms with Crippen LogP contribution >= 0.6 is 0 Å². The molecule has 17 heteroatoms. The second-order valence-corrected chi connectivity index (χ2v) is 19.6. The standard InChI is InChI=1S/C50H78N8O9/c1-14-15-19-33(8)27-39-47(62)55(10)34(9)50(65)67-43(22-18-23-51)46(61)54-38(25-31(4)5)49(64)56(11)41(26-32(6)7)44(59)52-37(24-30(2)3)48(63)57(12)42(45(60)53-39)28-35-29-58(66-13)40-21-17-16-20-36(35)40/h16-17,20-21,29-34,37-39,41-43H,14-15,18-19,22,24-28H2,1-13H3,(H,52,59)(H,53,60)(H,54,61)/t33-,34+,37+,38+,39+,41+,42+,43-/m1/s1. The summed E-state index contributed by atoms with van der Waals surface area (Å²) >= 11 is 0. The molecule has 8 atom stereocenters. The van der Waals surface area contributed by atoms with Gasteiger partial charge in [-0.05, 0) is 67.9 Å². The van der Waals surface area contributed by atoms with Gasteiger partial charge in [0.25, 0.3) is 5.91 Å². The quantitative estimate of drug-likeness (QED) is 0.196. The number of benzene rings is 1. The van der Waals surface area contributed by atoms with Crippen molar-refractivity contribution in [1.29, 1.82) is 5.26 Å². The van der Waals surface area contributed by atoms with Gasteiger partial charge in [0.05, 0.1) is 11.6 Å². The number of esters is 1. The van der Waals surface area contributed by atoms with Crippen molar-refractivity contribution in [3.63, 3.8) is 0 Å². The van der Waals surface area contributed by atoms with Crippen molar-refractivity contribution >= 4 is 52.3 Å². The summed E-state index contributed by atoms with van der Waals surface area (Å²) in [5.74, 6) is -5.03. The predicted octanol–water partition coefficient (Wildman–Crippen LogP) is 4.78. The molecule has 1 fully saturated rings.